The number of benzene rings is 2. The van der Waals surface area contributed by atoms with Crippen LogP contribution >= 0.6 is 0 Å². The van der Waals surface area contributed by atoms with Crippen LogP contribution in [0.4, 0.5) is 5.69 Å². The lowest BCUT2D eigenvalue weighted by Gasteiger charge is -2.33. The summed E-state index contributed by atoms with van der Waals surface area (Å²) in [5.74, 6) is 1.68. The van der Waals surface area contributed by atoms with Crippen molar-refractivity contribution in [3.63, 3.8) is 0 Å². The highest BCUT2D eigenvalue weighted by atomic mass is 16.5. The maximum absolute atomic E-state index is 12.9. The van der Waals surface area contributed by atoms with Gasteiger partial charge in [0.05, 0.1) is 18.8 Å². The molecule has 0 bridgehead atoms. The van der Waals surface area contributed by atoms with Crippen molar-refractivity contribution < 1.29 is 23.8 Å². The zero-order chi connectivity index (χ0) is 21.3. The highest BCUT2D eigenvalue weighted by Gasteiger charge is 2.32. The van der Waals surface area contributed by atoms with Crippen LogP contribution in [0.1, 0.15) is 31.9 Å². The molecule has 0 aliphatic carbocycles. The zero-order valence-electron chi connectivity index (χ0n) is 17.4. The lowest BCUT2D eigenvalue weighted by Crippen LogP contribution is -2.50. The molecule has 2 amide bonds. The number of ether oxygens (including phenoxy) is 3. The Morgan fingerprint density at radius 3 is 2.77 bits per heavy atom. The van der Waals surface area contributed by atoms with E-state index in [2.05, 4.69) is 5.32 Å². The van der Waals surface area contributed by atoms with Crippen molar-refractivity contribution in [3.8, 4) is 17.2 Å². The normalized spacial score (nSPS) is 19.2. The maximum atomic E-state index is 12.9. The van der Waals surface area contributed by atoms with Crippen LogP contribution in [0.25, 0.3) is 0 Å². The molecule has 7 nitrogen and oxygen atoms in total. The van der Waals surface area contributed by atoms with Gasteiger partial charge in [0.25, 0.3) is 5.91 Å². The molecule has 7 heteroatoms. The fraction of sp³-hybridized carbons (Fsp3) is 0.391. The predicted molar refractivity (Wildman–Crippen MR) is 112 cm³/mol. The number of fused-ring (bicyclic) bond motifs is 2. The first-order chi connectivity index (χ1) is 14.5. The largest absolute Gasteiger partial charge is 0.494 e. The smallest absolute Gasteiger partial charge is 0.263 e. The van der Waals surface area contributed by atoms with Gasteiger partial charge in [-0.1, -0.05) is 12.1 Å². The third kappa shape index (κ3) is 3.92. The van der Waals surface area contributed by atoms with Crippen molar-refractivity contribution in [1.29, 1.82) is 0 Å². The van der Waals surface area contributed by atoms with E-state index < -0.39 is 6.10 Å². The van der Waals surface area contributed by atoms with E-state index in [0.29, 0.717) is 18.0 Å². The van der Waals surface area contributed by atoms with Crippen LogP contribution in [0.3, 0.4) is 0 Å². The van der Waals surface area contributed by atoms with Crippen molar-refractivity contribution in [2.75, 3.05) is 18.1 Å². The van der Waals surface area contributed by atoms with Gasteiger partial charge in [0.2, 0.25) is 5.91 Å². The van der Waals surface area contributed by atoms with Crippen molar-refractivity contribution in [2.45, 2.75) is 45.9 Å². The minimum Gasteiger partial charge on any atom is -0.494 e. The van der Waals surface area contributed by atoms with Crippen LogP contribution < -0.4 is 24.4 Å². The van der Waals surface area contributed by atoms with Crippen molar-refractivity contribution >= 4 is 17.5 Å². The zero-order valence-corrected chi connectivity index (χ0v) is 17.4. The molecule has 0 fully saturated rings. The van der Waals surface area contributed by atoms with Gasteiger partial charge in [0, 0.05) is 31.0 Å². The molecule has 2 atom stereocenters. The van der Waals surface area contributed by atoms with Crippen LogP contribution in [0.15, 0.2) is 36.4 Å². The minimum atomic E-state index is -0.787. The summed E-state index contributed by atoms with van der Waals surface area (Å²) in [7, 11) is 0. The van der Waals surface area contributed by atoms with Gasteiger partial charge in [-0.2, -0.15) is 0 Å². The van der Waals surface area contributed by atoms with Gasteiger partial charge >= 0.3 is 0 Å². The van der Waals surface area contributed by atoms with Gasteiger partial charge in [0.1, 0.15) is 23.4 Å². The Bertz CT molecular complexity index is 974. The number of carbonyl (C=O) groups excluding carboxylic acids is 2. The van der Waals surface area contributed by atoms with E-state index in [1.54, 1.807) is 11.0 Å². The van der Waals surface area contributed by atoms with Gasteiger partial charge in [-0.25, -0.2) is 0 Å². The lowest BCUT2D eigenvalue weighted by molar-refractivity contribution is -0.128. The van der Waals surface area contributed by atoms with Gasteiger partial charge in [-0.3, -0.25) is 9.59 Å². The maximum Gasteiger partial charge on any atom is 0.263 e. The van der Waals surface area contributed by atoms with E-state index in [1.165, 1.54) is 6.92 Å². The summed E-state index contributed by atoms with van der Waals surface area (Å²) >= 11 is 0. The molecule has 30 heavy (non-hydrogen) atoms. The Hall–Kier alpha value is -3.22. The first-order valence-corrected chi connectivity index (χ1v) is 10.2. The quantitative estimate of drug-likeness (QED) is 0.820. The molecule has 0 saturated heterocycles. The molecule has 2 aliphatic rings. The predicted octanol–water partition coefficient (Wildman–Crippen LogP) is 2.84. The molecule has 2 aliphatic heterocycles. The summed E-state index contributed by atoms with van der Waals surface area (Å²) in [6, 6.07) is 11.2. The molecule has 0 radical (unpaired) electrons. The molecular formula is C23H26N2O5. The number of para-hydroxylation sites is 2. The summed E-state index contributed by atoms with van der Waals surface area (Å²) in [6.45, 7) is 6.42. The second-order valence-corrected chi connectivity index (χ2v) is 7.55. The molecule has 1 N–H and O–H groups in total. The van der Waals surface area contributed by atoms with Crippen LogP contribution in [0.2, 0.25) is 0 Å². The molecule has 2 aromatic carbocycles. The van der Waals surface area contributed by atoms with Crippen LogP contribution in [-0.4, -0.2) is 37.2 Å². The number of nitrogens with one attached hydrogen (secondary N) is 1. The SMILES string of the molecule is CCOc1cc2c(cc1CNC(=O)C1CN(C(C)=O)c3ccccc3O1)OC(C)C2. The minimum absolute atomic E-state index is 0.132. The van der Waals surface area contributed by atoms with E-state index in [-0.39, 0.29) is 31.0 Å². The van der Waals surface area contributed by atoms with Crippen molar-refractivity contribution in [3.05, 3.63) is 47.5 Å². The molecule has 4 rings (SSSR count). The molecule has 0 aromatic heterocycles. The lowest BCUT2D eigenvalue weighted by atomic mass is 10.1. The van der Waals surface area contributed by atoms with Crippen molar-refractivity contribution in [1.82, 2.24) is 5.32 Å². The third-order valence-electron chi connectivity index (χ3n) is 5.28. The van der Waals surface area contributed by atoms with E-state index in [0.717, 1.165) is 29.0 Å². The molecule has 2 heterocycles. The molecule has 2 aromatic rings. The number of amides is 2. The fourth-order valence-corrected chi connectivity index (χ4v) is 3.87. The van der Waals surface area contributed by atoms with Gasteiger partial charge < -0.3 is 24.4 Å². The van der Waals surface area contributed by atoms with Gasteiger partial charge in [0.15, 0.2) is 6.10 Å². The number of hydrogen-bond acceptors (Lipinski definition) is 5. The van der Waals surface area contributed by atoms with Gasteiger partial charge in [-0.05, 0) is 38.1 Å². The van der Waals surface area contributed by atoms with E-state index >= 15 is 0 Å². The second kappa shape index (κ2) is 8.26. The Kier molecular flexibility index (Phi) is 5.53. The molecule has 0 spiro atoms. The van der Waals surface area contributed by atoms with Crippen LogP contribution in [-0.2, 0) is 22.6 Å². The highest BCUT2D eigenvalue weighted by molar-refractivity contribution is 5.95. The summed E-state index contributed by atoms with van der Waals surface area (Å²) < 4.78 is 17.5. The van der Waals surface area contributed by atoms with Crippen molar-refractivity contribution in [2.24, 2.45) is 0 Å². The molecule has 2 unspecified atom stereocenters. The number of nitrogens with zero attached hydrogens (tertiary/aromatic N) is 1. The van der Waals surface area contributed by atoms with Crippen LogP contribution in [0, 0.1) is 0 Å². The fourth-order valence-electron chi connectivity index (χ4n) is 3.87. The summed E-state index contributed by atoms with van der Waals surface area (Å²) in [6.07, 6.45) is 0.191. The number of carbonyl (C=O) groups is 2. The second-order valence-electron chi connectivity index (χ2n) is 7.55. The Labute approximate surface area is 175 Å². The number of anilines is 1. The number of rotatable bonds is 5. The first kappa shape index (κ1) is 20.1. The first-order valence-electron chi connectivity index (χ1n) is 10.2. The standard InChI is InChI=1S/C23H26N2O5/c1-4-28-20-10-16-9-14(2)29-21(16)11-17(20)12-24-23(27)22-13-25(15(3)26)18-7-5-6-8-19(18)30-22/h5-8,10-11,14,22H,4,9,12-13H2,1-3H3,(H,24,27). The molecule has 158 valence electrons. The molecular weight excluding hydrogens is 384 g/mol. The summed E-state index contributed by atoms with van der Waals surface area (Å²) in [5.41, 5.74) is 2.64. The Morgan fingerprint density at radius 2 is 2.00 bits per heavy atom. The Morgan fingerprint density at radius 1 is 1.20 bits per heavy atom. The summed E-state index contributed by atoms with van der Waals surface area (Å²) in [5, 5.41) is 2.92. The van der Waals surface area contributed by atoms with E-state index in [1.807, 2.05) is 44.2 Å². The average molecular weight is 410 g/mol. The van der Waals surface area contributed by atoms with E-state index in [4.69, 9.17) is 14.2 Å². The monoisotopic (exact) mass is 410 g/mol. The average Bonchev–Trinajstić information content (AvgIpc) is 3.09. The third-order valence-corrected chi connectivity index (χ3v) is 5.28. The topological polar surface area (TPSA) is 77.1 Å². The van der Waals surface area contributed by atoms with Crippen LogP contribution in [0.5, 0.6) is 17.2 Å². The Balaban J connectivity index is 1.49. The number of hydrogen-bond donors (Lipinski definition) is 1. The van der Waals surface area contributed by atoms with E-state index in [9.17, 15) is 9.59 Å². The highest BCUT2D eigenvalue weighted by Crippen LogP contribution is 2.36. The van der Waals surface area contributed by atoms with Gasteiger partial charge in [-0.15, -0.1) is 0 Å². The molecule has 0 saturated carbocycles. The summed E-state index contributed by atoms with van der Waals surface area (Å²) in [4.78, 5) is 26.5.